The number of anilines is 1. The molecule has 0 fully saturated rings. The van der Waals surface area contributed by atoms with Crippen LogP contribution >= 0.6 is 0 Å². The Morgan fingerprint density at radius 2 is 2.31 bits per heavy atom. The summed E-state index contributed by atoms with van der Waals surface area (Å²) in [4.78, 5) is 4.23. The average molecular weight is 212 g/mol. The molecule has 0 saturated carbocycles. The number of rotatable bonds is 2. The fourth-order valence-corrected chi connectivity index (χ4v) is 1.67. The summed E-state index contributed by atoms with van der Waals surface area (Å²) < 4.78 is 1.91. The van der Waals surface area contributed by atoms with E-state index in [1.807, 2.05) is 23.8 Å². The van der Waals surface area contributed by atoms with Gasteiger partial charge in [-0.25, -0.2) is 4.98 Å². The number of nitrogen functional groups attached to an aromatic ring is 1. The molecule has 0 aliphatic carbocycles. The lowest BCUT2D eigenvalue weighted by atomic mass is 10.1. The van der Waals surface area contributed by atoms with E-state index in [4.69, 9.17) is 11.0 Å². The van der Waals surface area contributed by atoms with Gasteiger partial charge in [0.05, 0.1) is 11.3 Å². The minimum absolute atomic E-state index is 0.563. The van der Waals surface area contributed by atoms with Gasteiger partial charge in [-0.2, -0.15) is 5.26 Å². The number of nitrogens with zero attached hydrogens (tertiary/aromatic N) is 3. The highest BCUT2D eigenvalue weighted by Crippen LogP contribution is 2.18. The largest absolute Gasteiger partial charge is 0.399 e. The van der Waals surface area contributed by atoms with E-state index >= 15 is 0 Å². The average Bonchev–Trinajstić information content (AvgIpc) is 2.76. The second-order valence-electron chi connectivity index (χ2n) is 3.46. The number of nitriles is 1. The minimum atomic E-state index is 0.563. The van der Waals surface area contributed by atoms with Crippen molar-refractivity contribution >= 4 is 5.69 Å². The van der Waals surface area contributed by atoms with Crippen LogP contribution in [0.3, 0.4) is 0 Å². The van der Waals surface area contributed by atoms with Crippen LogP contribution in [0.1, 0.15) is 18.3 Å². The second-order valence-corrected chi connectivity index (χ2v) is 3.46. The maximum atomic E-state index is 9.07. The van der Waals surface area contributed by atoms with Gasteiger partial charge in [0.15, 0.2) is 0 Å². The fourth-order valence-electron chi connectivity index (χ4n) is 1.67. The molecule has 2 rings (SSSR count). The second kappa shape index (κ2) is 4.07. The van der Waals surface area contributed by atoms with Crippen molar-refractivity contribution in [2.75, 3.05) is 5.73 Å². The number of aromatic nitrogens is 2. The SMILES string of the molecule is CCc1nccn1-c1ccc(N)cc1C#N. The standard InChI is InChI=1S/C12H12N4/c1-2-12-15-5-6-16(12)11-4-3-10(14)7-9(11)8-13/h3-7H,2,14H2,1H3. The van der Waals surface area contributed by atoms with Gasteiger partial charge in [0.2, 0.25) is 0 Å². The van der Waals surface area contributed by atoms with Crippen molar-refractivity contribution in [2.45, 2.75) is 13.3 Å². The first-order chi connectivity index (χ1) is 7.76. The molecule has 0 spiro atoms. The number of benzene rings is 1. The van der Waals surface area contributed by atoms with Gasteiger partial charge in [0.25, 0.3) is 0 Å². The van der Waals surface area contributed by atoms with E-state index in [1.54, 1.807) is 18.3 Å². The lowest BCUT2D eigenvalue weighted by Crippen LogP contribution is -2.02. The lowest BCUT2D eigenvalue weighted by Gasteiger charge is -2.08. The van der Waals surface area contributed by atoms with E-state index in [1.165, 1.54) is 0 Å². The first-order valence-corrected chi connectivity index (χ1v) is 5.08. The molecule has 4 nitrogen and oxygen atoms in total. The van der Waals surface area contributed by atoms with Gasteiger partial charge in [-0.1, -0.05) is 6.92 Å². The molecule has 0 atom stereocenters. The topological polar surface area (TPSA) is 67.6 Å². The predicted octanol–water partition coefficient (Wildman–Crippen LogP) is 1.89. The zero-order chi connectivity index (χ0) is 11.5. The number of aryl methyl sites for hydroxylation is 1. The molecule has 0 aliphatic heterocycles. The quantitative estimate of drug-likeness (QED) is 0.773. The molecule has 80 valence electrons. The van der Waals surface area contributed by atoms with Crippen molar-refractivity contribution in [2.24, 2.45) is 0 Å². The fraction of sp³-hybridized carbons (Fsp3) is 0.167. The molecule has 1 aromatic carbocycles. The van der Waals surface area contributed by atoms with Crippen molar-refractivity contribution in [1.29, 1.82) is 5.26 Å². The van der Waals surface area contributed by atoms with E-state index < -0.39 is 0 Å². The monoisotopic (exact) mass is 212 g/mol. The Morgan fingerprint density at radius 1 is 1.50 bits per heavy atom. The highest BCUT2D eigenvalue weighted by molar-refractivity contribution is 5.57. The summed E-state index contributed by atoms with van der Waals surface area (Å²) in [6.45, 7) is 2.03. The third-order valence-electron chi connectivity index (χ3n) is 2.43. The van der Waals surface area contributed by atoms with Crippen LogP contribution in [0.2, 0.25) is 0 Å². The Balaban J connectivity index is 2.61. The first kappa shape index (κ1) is 10.2. The van der Waals surface area contributed by atoms with Crippen LogP contribution in [0, 0.1) is 11.3 Å². The zero-order valence-electron chi connectivity index (χ0n) is 9.01. The van der Waals surface area contributed by atoms with Crippen LogP contribution in [0.25, 0.3) is 5.69 Å². The predicted molar refractivity (Wildman–Crippen MR) is 62.1 cm³/mol. The third-order valence-corrected chi connectivity index (χ3v) is 2.43. The van der Waals surface area contributed by atoms with E-state index in [-0.39, 0.29) is 0 Å². The van der Waals surface area contributed by atoms with Crippen LogP contribution < -0.4 is 5.73 Å². The zero-order valence-corrected chi connectivity index (χ0v) is 9.01. The molecule has 0 bridgehead atoms. The van der Waals surface area contributed by atoms with E-state index in [9.17, 15) is 0 Å². The molecule has 1 aromatic heterocycles. The highest BCUT2D eigenvalue weighted by atomic mass is 15.1. The molecule has 0 unspecified atom stereocenters. The summed E-state index contributed by atoms with van der Waals surface area (Å²) in [6, 6.07) is 7.45. The van der Waals surface area contributed by atoms with Crippen molar-refractivity contribution < 1.29 is 0 Å². The van der Waals surface area contributed by atoms with Gasteiger partial charge in [-0.15, -0.1) is 0 Å². The molecular weight excluding hydrogens is 200 g/mol. The summed E-state index contributed by atoms with van der Waals surface area (Å²) in [5.41, 5.74) is 7.63. The Kier molecular flexibility index (Phi) is 2.61. The van der Waals surface area contributed by atoms with Crippen LogP contribution in [0.4, 0.5) is 5.69 Å². The number of nitrogens with two attached hydrogens (primary N) is 1. The molecular formula is C12H12N4. The van der Waals surface area contributed by atoms with E-state index in [0.29, 0.717) is 11.3 Å². The van der Waals surface area contributed by atoms with Crippen molar-refractivity contribution in [3.8, 4) is 11.8 Å². The van der Waals surface area contributed by atoms with Crippen LogP contribution in [-0.4, -0.2) is 9.55 Å². The van der Waals surface area contributed by atoms with E-state index in [2.05, 4.69) is 11.1 Å². The number of imidazole rings is 1. The van der Waals surface area contributed by atoms with Crippen LogP contribution in [0.5, 0.6) is 0 Å². The molecule has 1 heterocycles. The van der Waals surface area contributed by atoms with Gasteiger partial charge in [-0.05, 0) is 18.2 Å². The highest BCUT2D eigenvalue weighted by Gasteiger charge is 2.08. The maximum absolute atomic E-state index is 9.07. The molecule has 0 radical (unpaired) electrons. The summed E-state index contributed by atoms with van der Waals surface area (Å²) in [5, 5.41) is 9.07. The van der Waals surface area contributed by atoms with Crippen molar-refractivity contribution in [1.82, 2.24) is 9.55 Å². The third kappa shape index (κ3) is 1.63. The van der Waals surface area contributed by atoms with Gasteiger partial charge >= 0.3 is 0 Å². The van der Waals surface area contributed by atoms with Gasteiger partial charge in [0, 0.05) is 24.5 Å². The first-order valence-electron chi connectivity index (χ1n) is 5.08. The van der Waals surface area contributed by atoms with Gasteiger partial charge in [-0.3, -0.25) is 0 Å². The summed E-state index contributed by atoms with van der Waals surface area (Å²) in [5.74, 6) is 0.932. The molecule has 0 aliphatic rings. The molecule has 2 N–H and O–H groups in total. The molecule has 0 amide bonds. The summed E-state index contributed by atoms with van der Waals surface area (Å²) in [7, 11) is 0. The summed E-state index contributed by atoms with van der Waals surface area (Å²) >= 11 is 0. The summed E-state index contributed by atoms with van der Waals surface area (Å²) in [6.07, 6.45) is 4.41. The van der Waals surface area contributed by atoms with Gasteiger partial charge in [0.1, 0.15) is 11.9 Å². The number of hydrogen-bond donors (Lipinski definition) is 1. The Labute approximate surface area is 94.0 Å². The molecule has 4 heteroatoms. The Hall–Kier alpha value is -2.28. The van der Waals surface area contributed by atoms with Crippen molar-refractivity contribution in [3.63, 3.8) is 0 Å². The van der Waals surface area contributed by atoms with Gasteiger partial charge < -0.3 is 10.3 Å². The Bertz CT molecular complexity index is 548. The maximum Gasteiger partial charge on any atom is 0.112 e. The molecule has 16 heavy (non-hydrogen) atoms. The van der Waals surface area contributed by atoms with Crippen LogP contribution in [-0.2, 0) is 6.42 Å². The van der Waals surface area contributed by atoms with E-state index in [0.717, 1.165) is 17.9 Å². The molecule has 0 saturated heterocycles. The van der Waals surface area contributed by atoms with Crippen LogP contribution in [0.15, 0.2) is 30.6 Å². The normalized spacial score (nSPS) is 10.0. The Morgan fingerprint density at radius 3 is 3.00 bits per heavy atom. The smallest absolute Gasteiger partial charge is 0.112 e. The lowest BCUT2D eigenvalue weighted by molar-refractivity contribution is 0.889. The van der Waals surface area contributed by atoms with Crippen molar-refractivity contribution in [3.05, 3.63) is 42.0 Å². The number of hydrogen-bond acceptors (Lipinski definition) is 3. The minimum Gasteiger partial charge on any atom is -0.399 e. The molecule has 2 aromatic rings.